The minimum atomic E-state index is 0.610. The molecular formula is C15H30N2. The Morgan fingerprint density at radius 1 is 1.18 bits per heavy atom. The highest BCUT2D eigenvalue weighted by atomic mass is 15.1. The maximum atomic E-state index is 3.71. The summed E-state index contributed by atoms with van der Waals surface area (Å²) in [4.78, 5) is 2.56. The molecule has 2 rings (SSSR count). The van der Waals surface area contributed by atoms with E-state index in [2.05, 4.69) is 24.2 Å². The highest BCUT2D eigenvalue weighted by molar-refractivity contribution is 4.83. The highest BCUT2D eigenvalue weighted by Gasteiger charge is 2.28. The summed E-state index contributed by atoms with van der Waals surface area (Å²) >= 11 is 0. The molecule has 2 aliphatic rings. The predicted molar refractivity (Wildman–Crippen MR) is 74.3 cm³/mol. The monoisotopic (exact) mass is 238 g/mol. The van der Waals surface area contributed by atoms with Gasteiger partial charge in [-0.1, -0.05) is 26.2 Å². The average Bonchev–Trinajstić information content (AvgIpc) is 2.74. The molecule has 2 heteroatoms. The van der Waals surface area contributed by atoms with Crippen LogP contribution >= 0.6 is 0 Å². The molecule has 1 heterocycles. The van der Waals surface area contributed by atoms with Crippen LogP contribution in [0.2, 0.25) is 0 Å². The molecule has 100 valence electrons. The summed E-state index contributed by atoms with van der Waals surface area (Å²) in [5.41, 5.74) is 0.610. The number of rotatable bonds is 5. The van der Waals surface area contributed by atoms with Crippen molar-refractivity contribution < 1.29 is 0 Å². The lowest BCUT2D eigenvalue weighted by Gasteiger charge is -2.33. The molecule has 0 aromatic rings. The lowest BCUT2D eigenvalue weighted by Crippen LogP contribution is -2.39. The third kappa shape index (κ3) is 3.96. The maximum Gasteiger partial charge on any atom is 0.0104 e. The fraction of sp³-hybridized carbons (Fsp3) is 1.00. The Hall–Kier alpha value is -0.0800. The molecule has 0 bridgehead atoms. The van der Waals surface area contributed by atoms with E-state index in [1.807, 2.05) is 0 Å². The molecule has 0 radical (unpaired) electrons. The number of hydrogen-bond donors (Lipinski definition) is 1. The van der Waals surface area contributed by atoms with Crippen molar-refractivity contribution in [2.75, 3.05) is 26.7 Å². The van der Waals surface area contributed by atoms with E-state index in [0.29, 0.717) is 5.41 Å². The van der Waals surface area contributed by atoms with Gasteiger partial charge in [-0.2, -0.15) is 0 Å². The summed E-state index contributed by atoms with van der Waals surface area (Å²) in [6.45, 7) is 6.22. The molecule has 1 atom stereocenters. The molecule has 0 spiro atoms. The van der Waals surface area contributed by atoms with E-state index < -0.39 is 0 Å². The Morgan fingerprint density at radius 3 is 2.65 bits per heavy atom. The fourth-order valence-electron chi connectivity index (χ4n) is 3.57. The fourth-order valence-corrected chi connectivity index (χ4v) is 3.57. The molecule has 2 fully saturated rings. The van der Waals surface area contributed by atoms with Gasteiger partial charge in [-0.15, -0.1) is 0 Å². The van der Waals surface area contributed by atoms with E-state index in [-0.39, 0.29) is 0 Å². The van der Waals surface area contributed by atoms with Gasteiger partial charge in [0.15, 0.2) is 0 Å². The Labute approximate surface area is 107 Å². The van der Waals surface area contributed by atoms with Gasteiger partial charge in [0.2, 0.25) is 0 Å². The zero-order valence-corrected chi connectivity index (χ0v) is 11.8. The SMILES string of the molecule is CN1CCCCC1CCNCC1(C)CCCC1. The van der Waals surface area contributed by atoms with Crippen LogP contribution in [0.15, 0.2) is 0 Å². The van der Waals surface area contributed by atoms with Gasteiger partial charge >= 0.3 is 0 Å². The van der Waals surface area contributed by atoms with Gasteiger partial charge in [-0.05, 0) is 57.7 Å². The van der Waals surface area contributed by atoms with Crippen LogP contribution in [0.3, 0.4) is 0 Å². The van der Waals surface area contributed by atoms with Gasteiger partial charge in [-0.25, -0.2) is 0 Å². The van der Waals surface area contributed by atoms with Crippen molar-refractivity contribution in [3.8, 4) is 0 Å². The van der Waals surface area contributed by atoms with Crippen LogP contribution in [0.4, 0.5) is 0 Å². The number of likely N-dealkylation sites (tertiary alicyclic amines) is 1. The molecule has 2 nitrogen and oxygen atoms in total. The quantitative estimate of drug-likeness (QED) is 0.741. The van der Waals surface area contributed by atoms with Gasteiger partial charge < -0.3 is 10.2 Å². The first-order chi connectivity index (χ1) is 8.20. The van der Waals surface area contributed by atoms with Crippen LogP contribution in [0.1, 0.15) is 58.3 Å². The minimum Gasteiger partial charge on any atom is -0.316 e. The Kier molecular flexibility index (Phi) is 4.87. The molecule has 1 aliphatic carbocycles. The zero-order chi connectivity index (χ0) is 12.1. The molecule has 1 saturated heterocycles. The molecule has 1 aliphatic heterocycles. The van der Waals surface area contributed by atoms with Crippen LogP contribution in [-0.2, 0) is 0 Å². The van der Waals surface area contributed by atoms with E-state index >= 15 is 0 Å². The minimum absolute atomic E-state index is 0.610. The van der Waals surface area contributed by atoms with Gasteiger partial charge in [-0.3, -0.25) is 0 Å². The summed E-state index contributed by atoms with van der Waals surface area (Å²) in [7, 11) is 2.29. The third-order valence-electron chi connectivity index (χ3n) is 4.94. The van der Waals surface area contributed by atoms with Crippen molar-refractivity contribution in [2.45, 2.75) is 64.3 Å². The largest absolute Gasteiger partial charge is 0.316 e. The number of nitrogens with zero attached hydrogens (tertiary/aromatic N) is 1. The number of hydrogen-bond acceptors (Lipinski definition) is 2. The third-order valence-corrected chi connectivity index (χ3v) is 4.94. The second-order valence-electron chi connectivity index (χ2n) is 6.61. The van der Waals surface area contributed by atoms with Crippen LogP contribution in [0.5, 0.6) is 0 Å². The van der Waals surface area contributed by atoms with Crippen LogP contribution < -0.4 is 5.32 Å². The van der Waals surface area contributed by atoms with Crippen LogP contribution in [0.25, 0.3) is 0 Å². The van der Waals surface area contributed by atoms with Crippen molar-refractivity contribution in [1.29, 1.82) is 0 Å². The van der Waals surface area contributed by atoms with Crippen LogP contribution in [0, 0.1) is 5.41 Å². The number of nitrogens with one attached hydrogen (secondary N) is 1. The van der Waals surface area contributed by atoms with E-state index in [0.717, 1.165) is 6.04 Å². The van der Waals surface area contributed by atoms with Crippen molar-refractivity contribution in [2.24, 2.45) is 5.41 Å². The van der Waals surface area contributed by atoms with Crippen molar-refractivity contribution in [3.05, 3.63) is 0 Å². The zero-order valence-electron chi connectivity index (χ0n) is 11.8. The van der Waals surface area contributed by atoms with Crippen molar-refractivity contribution in [1.82, 2.24) is 10.2 Å². The second-order valence-corrected chi connectivity index (χ2v) is 6.61. The molecule has 1 N–H and O–H groups in total. The maximum absolute atomic E-state index is 3.71. The van der Waals surface area contributed by atoms with Gasteiger partial charge in [0.25, 0.3) is 0 Å². The second kappa shape index (κ2) is 6.19. The molecule has 0 aromatic heterocycles. The average molecular weight is 238 g/mol. The summed E-state index contributed by atoms with van der Waals surface area (Å²) in [5.74, 6) is 0. The van der Waals surface area contributed by atoms with Crippen LogP contribution in [-0.4, -0.2) is 37.6 Å². The van der Waals surface area contributed by atoms with E-state index in [1.165, 1.54) is 71.0 Å². The Morgan fingerprint density at radius 2 is 1.94 bits per heavy atom. The van der Waals surface area contributed by atoms with E-state index in [4.69, 9.17) is 0 Å². The normalized spacial score (nSPS) is 29.6. The van der Waals surface area contributed by atoms with E-state index in [9.17, 15) is 0 Å². The lowest BCUT2D eigenvalue weighted by atomic mass is 9.89. The first-order valence-electron chi connectivity index (χ1n) is 7.61. The topological polar surface area (TPSA) is 15.3 Å². The number of piperidine rings is 1. The first-order valence-corrected chi connectivity index (χ1v) is 7.61. The van der Waals surface area contributed by atoms with Gasteiger partial charge in [0.05, 0.1) is 0 Å². The summed E-state index contributed by atoms with van der Waals surface area (Å²) in [6, 6.07) is 0.840. The Bertz CT molecular complexity index is 221. The van der Waals surface area contributed by atoms with Crippen molar-refractivity contribution >= 4 is 0 Å². The molecule has 0 aromatic carbocycles. The first kappa shape index (κ1) is 13.4. The lowest BCUT2D eigenvalue weighted by molar-refractivity contribution is 0.173. The molecule has 0 amide bonds. The van der Waals surface area contributed by atoms with Crippen molar-refractivity contribution in [3.63, 3.8) is 0 Å². The summed E-state index contributed by atoms with van der Waals surface area (Å²) < 4.78 is 0. The van der Waals surface area contributed by atoms with Gasteiger partial charge in [0, 0.05) is 12.6 Å². The van der Waals surface area contributed by atoms with Gasteiger partial charge in [0.1, 0.15) is 0 Å². The predicted octanol–water partition coefficient (Wildman–Crippen LogP) is 3.03. The standard InChI is InChI=1S/C15H30N2/c1-15(9-4-5-10-15)13-16-11-8-14-7-3-6-12-17(14)2/h14,16H,3-13H2,1-2H3. The smallest absolute Gasteiger partial charge is 0.0104 e. The molecule has 17 heavy (non-hydrogen) atoms. The molecular weight excluding hydrogens is 208 g/mol. The molecule has 1 saturated carbocycles. The summed E-state index contributed by atoms with van der Waals surface area (Å²) in [5, 5.41) is 3.71. The van der Waals surface area contributed by atoms with E-state index in [1.54, 1.807) is 0 Å². The highest BCUT2D eigenvalue weighted by Crippen LogP contribution is 2.36. The Balaban J connectivity index is 1.59. The summed E-state index contributed by atoms with van der Waals surface area (Å²) in [6.07, 6.45) is 11.4. The molecule has 1 unspecified atom stereocenters.